The molecule has 0 heterocycles. The van der Waals surface area contributed by atoms with Gasteiger partial charge in [0.25, 0.3) is 5.69 Å². The Morgan fingerprint density at radius 1 is 1.46 bits per heavy atom. The number of nitrogens with one attached hydrogen (secondary N) is 1. The van der Waals surface area contributed by atoms with Crippen molar-refractivity contribution in [2.75, 3.05) is 0 Å². The van der Waals surface area contributed by atoms with Crippen molar-refractivity contribution in [2.24, 2.45) is 5.73 Å². The molecule has 0 unspecified atom stereocenters. The number of hydrogen-bond donors (Lipinski definition) is 2. The molecular weight excluding hydrogens is 171 g/mol. The maximum Gasteiger partial charge on any atom is 0.269 e. The number of nitro groups is 1. The van der Waals surface area contributed by atoms with E-state index >= 15 is 0 Å². The molecule has 0 aliphatic heterocycles. The maximum atomic E-state index is 10.3. The highest BCUT2D eigenvalue weighted by Crippen LogP contribution is 2.11. The SMILES string of the molecule is N=C(N)C[13c]1ccc([N+](=O)[O-])cc1. The van der Waals surface area contributed by atoms with Gasteiger partial charge >= 0.3 is 0 Å². The first-order chi connectivity index (χ1) is 6.09. The van der Waals surface area contributed by atoms with Crippen LogP contribution in [0.25, 0.3) is 0 Å². The molecule has 13 heavy (non-hydrogen) atoms. The van der Waals surface area contributed by atoms with Crippen molar-refractivity contribution >= 4 is 11.5 Å². The van der Waals surface area contributed by atoms with Gasteiger partial charge in [0.05, 0.1) is 10.8 Å². The molecule has 0 aliphatic carbocycles. The van der Waals surface area contributed by atoms with Gasteiger partial charge in [-0.25, -0.2) is 0 Å². The van der Waals surface area contributed by atoms with Gasteiger partial charge in [-0.3, -0.25) is 15.5 Å². The van der Waals surface area contributed by atoms with E-state index in [1.807, 2.05) is 0 Å². The molecule has 0 atom stereocenters. The van der Waals surface area contributed by atoms with Crippen molar-refractivity contribution in [1.29, 1.82) is 5.41 Å². The molecule has 0 aromatic heterocycles. The quantitative estimate of drug-likeness (QED) is 0.315. The van der Waals surface area contributed by atoms with Gasteiger partial charge in [-0.2, -0.15) is 0 Å². The number of nitrogens with two attached hydrogens (primary N) is 1. The van der Waals surface area contributed by atoms with E-state index < -0.39 is 4.92 Å². The fourth-order valence-corrected chi connectivity index (χ4v) is 0.955. The lowest BCUT2D eigenvalue weighted by atomic mass is 10.3. The fraction of sp³-hybridized carbons (Fsp3) is 0.125. The number of benzene rings is 1. The lowest BCUT2D eigenvalue weighted by Crippen LogP contribution is -2.12. The minimum Gasteiger partial charge on any atom is -0.387 e. The first-order valence-electron chi connectivity index (χ1n) is 3.66. The second-order valence-electron chi connectivity index (χ2n) is 2.63. The van der Waals surface area contributed by atoms with Gasteiger partial charge in [-0.05, 0) is 5.56 Å². The molecule has 0 saturated heterocycles. The van der Waals surface area contributed by atoms with Crippen molar-refractivity contribution in [1.82, 2.24) is 0 Å². The van der Waals surface area contributed by atoms with Gasteiger partial charge in [-0.1, -0.05) is 12.1 Å². The number of non-ortho nitro benzene ring substituents is 1. The molecule has 5 heteroatoms. The van der Waals surface area contributed by atoms with Crippen molar-refractivity contribution in [3.63, 3.8) is 0 Å². The molecular formula is C8H9N3O2. The van der Waals surface area contributed by atoms with Crippen LogP contribution in [-0.2, 0) is 6.42 Å². The Hall–Kier alpha value is -1.91. The van der Waals surface area contributed by atoms with Crippen LogP contribution in [0.1, 0.15) is 5.56 Å². The first-order valence-corrected chi connectivity index (χ1v) is 3.66. The molecule has 0 fully saturated rings. The van der Waals surface area contributed by atoms with Crippen LogP contribution in [0.15, 0.2) is 24.3 Å². The average molecular weight is 180 g/mol. The third-order valence-electron chi connectivity index (χ3n) is 1.54. The molecule has 0 amide bonds. The Labute approximate surface area is 74.8 Å². The third-order valence-corrected chi connectivity index (χ3v) is 1.54. The summed E-state index contributed by atoms with van der Waals surface area (Å²) in [5.74, 6) is 0.0499. The minimum atomic E-state index is -0.461. The van der Waals surface area contributed by atoms with Gasteiger partial charge in [0.15, 0.2) is 0 Å². The molecule has 0 aliphatic rings. The van der Waals surface area contributed by atoms with Crippen molar-refractivity contribution in [3.8, 4) is 0 Å². The van der Waals surface area contributed by atoms with Gasteiger partial charge < -0.3 is 5.73 Å². The van der Waals surface area contributed by atoms with Crippen molar-refractivity contribution < 1.29 is 4.92 Å². The molecule has 5 nitrogen and oxygen atoms in total. The lowest BCUT2D eigenvalue weighted by Gasteiger charge is -1.97. The highest BCUT2D eigenvalue weighted by Gasteiger charge is 2.03. The summed E-state index contributed by atoms with van der Waals surface area (Å²) < 4.78 is 0. The zero-order valence-electron chi connectivity index (χ0n) is 6.86. The summed E-state index contributed by atoms with van der Waals surface area (Å²) in [6.07, 6.45) is 0.331. The normalized spacial score (nSPS) is 9.54. The van der Waals surface area contributed by atoms with Crippen LogP contribution in [0, 0.1) is 15.5 Å². The van der Waals surface area contributed by atoms with E-state index in [1.54, 1.807) is 12.1 Å². The summed E-state index contributed by atoms with van der Waals surface area (Å²) >= 11 is 0. The second kappa shape index (κ2) is 3.66. The minimum absolute atomic E-state index is 0.0484. The Kier molecular flexibility index (Phi) is 2.59. The summed E-state index contributed by atoms with van der Waals surface area (Å²) in [6.45, 7) is 0. The van der Waals surface area contributed by atoms with E-state index in [4.69, 9.17) is 11.1 Å². The standard InChI is InChI=1S/C8H9N3O2/c9-8(10)5-6-1-3-7(4-2-6)11(12)13/h1-4H,5H2,(H3,9,10)/i6+1. The Bertz CT molecular complexity index is 332. The zero-order valence-corrected chi connectivity index (χ0v) is 6.86. The maximum absolute atomic E-state index is 10.3. The summed E-state index contributed by atoms with van der Waals surface area (Å²) in [4.78, 5) is 9.81. The summed E-state index contributed by atoms with van der Waals surface area (Å²) in [5, 5.41) is 17.3. The molecule has 0 radical (unpaired) electrons. The molecule has 3 N–H and O–H groups in total. The highest BCUT2D eigenvalue weighted by atomic mass is 16.6. The third kappa shape index (κ3) is 2.55. The molecule has 0 saturated carbocycles. The zero-order chi connectivity index (χ0) is 9.84. The fourth-order valence-electron chi connectivity index (χ4n) is 0.955. The predicted octanol–water partition coefficient (Wildman–Crippen LogP) is 1.07. The number of amidine groups is 1. The van der Waals surface area contributed by atoms with Crippen LogP contribution < -0.4 is 5.73 Å². The van der Waals surface area contributed by atoms with Gasteiger partial charge in [0.1, 0.15) is 0 Å². The van der Waals surface area contributed by atoms with E-state index in [0.29, 0.717) is 6.42 Å². The smallest absolute Gasteiger partial charge is 0.269 e. The monoisotopic (exact) mass is 180 g/mol. The second-order valence-corrected chi connectivity index (χ2v) is 2.63. The van der Waals surface area contributed by atoms with Gasteiger partial charge in [-0.15, -0.1) is 0 Å². The summed E-state index contributed by atoms with van der Waals surface area (Å²) in [5.41, 5.74) is 6.02. The molecule has 68 valence electrons. The number of rotatable bonds is 3. The molecule has 0 bridgehead atoms. The molecule has 0 spiro atoms. The van der Waals surface area contributed by atoms with Crippen LogP contribution in [-0.4, -0.2) is 10.8 Å². The molecule has 1 aromatic carbocycles. The predicted molar refractivity (Wildman–Crippen MR) is 48.7 cm³/mol. The molecule has 1 rings (SSSR count). The van der Waals surface area contributed by atoms with E-state index in [1.165, 1.54) is 12.1 Å². The van der Waals surface area contributed by atoms with Crippen LogP contribution in [0.5, 0.6) is 0 Å². The summed E-state index contributed by atoms with van der Waals surface area (Å²) in [6, 6.07) is 6.00. The summed E-state index contributed by atoms with van der Waals surface area (Å²) in [7, 11) is 0. The van der Waals surface area contributed by atoms with E-state index in [-0.39, 0.29) is 11.5 Å². The Morgan fingerprint density at radius 2 is 2.00 bits per heavy atom. The Morgan fingerprint density at radius 3 is 2.38 bits per heavy atom. The number of nitrogens with zero attached hydrogens (tertiary/aromatic N) is 1. The van der Waals surface area contributed by atoms with Gasteiger partial charge in [0.2, 0.25) is 0 Å². The van der Waals surface area contributed by atoms with Crippen LogP contribution in [0.3, 0.4) is 0 Å². The topological polar surface area (TPSA) is 93.0 Å². The van der Waals surface area contributed by atoms with Crippen molar-refractivity contribution in [2.45, 2.75) is 6.42 Å². The average Bonchev–Trinajstić information content (AvgIpc) is 2.04. The van der Waals surface area contributed by atoms with Gasteiger partial charge in [0, 0.05) is 18.6 Å². The lowest BCUT2D eigenvalue weighted by molar-refractivity contribution is -0.384. The molecule has 1 aromatic rings. The Balaban J connectivity index is 2.81. The number of hydrogen-bond acceptors (Lipinski definition) is 3. The van der Waals surface area contributed by atoms with Crippen LogP contribution in [0.4, 0.5) is 5.69 Å². The van der Waals surface area contributed by atoms with E-state index in [9.17, 15) is 10.1 Å². The van der Waals surface area contributed by atoms with E-state index in [0.717, 1.165) is 5.56 Å². The van der Waals surface area contributed by atoms with Crippen molar-refractivity contribution in [3.05, 3.63) is 39.9 Å². The largest absolute Gasteiger partial charge is 0.387 e. The highest BCUT2D eigenvalue weighted by molar-refractivity contribution is 5.79. The number of nitro benzene ring substituents is 1. The first kappa shape index (κ1) is 9.18. The van der Waals surface area contributed by atoms with Crippen LogP contribution >= 0.6 is 0 Å². The van der Waals surface area contributed by atoms with E-state index in [2.05, 4.69) is 0 Å². The van der Waals surface area contributed by atoms with Crippen LogP contribution in [0.2, 0.25) is 0 Å².